The molecular weight excluding hydrogens is 329 g/mol. The quantitative estimate of drug-likeness (QED) is 0.719. The summed E-state index contributed by atoms with van der Waals surface area (Å²) in [5.41, 5.74) is 3.27. The monoisotopic (exact) mass is 347 g/mol. The Morgan fingerprint density at radius 3 is 2.43 bits per heavy atom. The fourth-order valence-corrected chi connectivity index (χ4v) is 3.45. The molecule has 3 rings (SSSR count). The fourth-order valence-electron chi connectivity index (χ4n) is 3.15. The molecule has 1 amide bonds. The molecule has 23 heavy (non-hydrogen) atoms. The van der Waals surface area contributed by atoms with Crippen LogP contribution in [0.1, 0.15) is 40.2 Å². The van der Waals surface area contributed by atoms with E-state index < -0.39 is 0 Å². The molecule has 2 nitrogen and oxygen atoms in total. The van der Waals surface area contributed by atoms with Gasteiger partial charge in [-0.25, -0.2) is 0 Å². The van der Waals surface area contributed by atoms with Crippen molar-refractivity contribution in [1.82, 2.24) is 4.90 Å². The third-order valence-corrected chi connectivity index (χ3v) is 5.20. The molecule has 0 aliphatic carbocycles. The highest BCUT2D eigenvalue weighted by atomic mass is 35.5. The van der Waals surface area contributed by atoms with Crippen molar-refractivity contribution in [3.63, 3.8) is 0 Å². The van der Waals surface area contributed by atoms with Crippen molar-refractivity contribution >= 4 is 29.1 Å². The van der Waals surface area contributed by atoms with E-state index in [9.17, 15) is 4.79 Å². The maximum absolute atomic E-state index is 12.6. The number of nitrogens with zero attached hydrogens (tertiary/aromatic N) is 1. The first kappa shape index (κ1) is 16.4. The van der Waals surface area contributed by atoms with Crippen LogP contribution in [0.3, 0.4) is 0 Å². The molecule has 1 fully saturated rings. The molecule has 0 bridgehead atoms. The number of amides is 1. The van der Waals surface area contributed by atoms with Gasteiger partial charge in [0, 0.05) is 18.7 Å². The number of piperidine rings is 1. The lowest BCUT2D eigenvalue weighted by Gasteiger charge is -2.32. The summed E-state index contributed by atoms with van der Waals surface area (Å²) in [5.74, 6) is 0.569. The topological polar surface area (TPSA) is 20.3 Å². The van der Waals surface area contributed by atoms with E-state index >= 15 is 0 Å². The van der Waals surface area contributed by atoms with E-state index in [0.29, 0.717) is 21.5 Å². The Kier molecular flexibility index (Phi) is 4.93. The molecule has 4 heteroatoms. The fraction of sp³-hybridized carbons (Fsp3) is 0.316. The van der Waals surface area contributed by atoms with E-state index in [1.165, 1.54) is 11.1 Å². The maximum atomic E-state index is 12.6. The number of halogens is 2. The van der Waals surface area contributed by atoms with Crippen molar-refractivity contribution in [1.29, 1.82) is 0 Å². The second-order valence-electron chi connectivity index (χ2n) is 6.11. The van der Waals surface area contributed by atoms with Gasteiger partial charge in [0.1, 0.15) is 0 Å². The molecule has 120 valence electrons. The predicted octanol–water partition coefficient (Wildman–Crippen LogP) is 5.32. The number of likely N-dealkylation sites (tertiary alicyclic amines) is 1. The van der Waals surface area contributed by atoms with Crippen LogP contribution in [-0.2, 0) is 0 Å². The van der Waals surface area contributed by atoms with Crippen LogP contribution in [0.25, 0.3) is 0 Å². The van der Waals surface area contributed by atoms with Crippen LogP contribution in [0.4, 0.5) is 0 Å². The molecule has 1 saturated heterocycles. The van der Waals surface area contributed by atoms with Crippen molar-refractivity contribution < 1.29 is 4.79 Å². The molecule has 0 unspecified atom stereocenters. The van der Waals surface area contributed by atoms with Gasteiger partial charge in [-0.3, -0.25) is 4.79 Å². The van der Waals surface area contributed by atoms with E-state index in [2.05, 4.69) is 31.2 Å². The first-order chi connectivity index (χ1) is 11.0. The average Bonchev–Trinajstić information content (AvgIpc) is 2.57. The summed E-state index contributed by atoms with van der Waals surface area (Å²) in [7, 11) is 0. The first-order valence-electron chi connectivity index (χ1n) is 7.85. The number of carbonyl (C=O) groups is 1. The van der Waals surface area contributed by atoms with Crippen LogP contribution in [0.2, 0.25) is 10.0 Å². The molecule has 1 aliphatic rings. The lowest BCUT2D eigenvalue weighted by molar-refractivity contribution is 0.0713. The normalized spacial score (nSPS) is 15.7. The highest BCUT2D eigenvalue weighted by Crippen LogP contribution is 2.30. The zero-order valence-corrected chi connectivity index (χ0v) is 14.6. The third-order valence-electron chi connectivity index (χ3n) is 4.46. The molecular formula is C19H19Cl2NO. The molecule has 0 aromatic heterocycles. The minimum Gasteiger partial charge on any atom is -0.339 e. The largest absolute Gasteiger partial charge is 0.339 e. The van der Waals surface area contributed by atoms with Crippen LogP contribution in [-0.4, -0.2) is 23.9 Å². The van der Waals surface area contributed by atoms with Crippen molar-refractivity contribution in [2.75, 3.05) is 13.1 Å². The lowest BCUT2D eigenvalue weighted by atomic mass is 9.88. The highest BCUT2D eigenvalue weighted by molar-refractivity contribution is 6.42. The Morgan fingerprint density at radius 1 is 1.04 bits per heavy atom. The van der Waals surface area contributed by atoms with Crippen LogP contribution in [0, 0.1) is 6.92 Å². The second-order valence-corrected chi connectivity index (χ2v) is 6.92. The van der Waals surface area contributed by atoms with Crippen molar-refractivity contribution in [2.45, 2.75) is 25.7 Å². The minimum atomic E-state index is 0.0336. The maximum Gasteiger partial charge on any atom is 0.253 e. The Bertz CT molecular complexity index is 721. The average molecular weight is 348 g/mol. The van der Waals surface area contributed by atoms with E-state index in [-0.39, 0.29) is 5.91 Å². The van der Waals surface area contributed by atoms with Crippen molar-refractivity contribution in [3.8, 4) is 0 Å². The summed E-state index contributed by atoms with van der Waals surface area (Å²) < 4.78 is 0. The number of hydrogen-bond acceptors (Lipinski definition) is 1. The molecule has 0 spiro atoms. The van der Waals surface area contributed by atoms with E-state index in [1.807, 2.05) is 4.90 Å². The van der Waals surface area contributed by atoms with E-state index in [0.717, 1.165) is 25.9 Å². The van der Waals surface area contributed by atoms with Gasteiger partial charge >= 0.3 is 0 Å². The van der Waals surface area contributed by atoms with Gasteiger partial charge < -0.3 is 4.90 Å². The van der Waals surface area contributed by atoms with Crippen LogP contribution in [0.5, 0.6) is 0 Å². The van der Waals surface area contributed by atoms with Gasteiger partial charge in [0.05, 0.1) is 10.0 Å². The molecule has 0 saturated carbocycles. The standard InChI is InChI=1S/C19H19Cl2NO/c1-13-3-2-4-15(11-13)14-7-9-22(10-8-14)19(23)16-5-6-17(20)18(21)12-16/h2-6,11-12,14H,7-10H2,1H3. The van der Waals surface area contributed by atoms with E-state index in [4.69, 9.17) is 23.2 Å². The summed E-state index contributed by atoms with van der Waals surface area (Å²) in [6.07, 6.45) is 1.99. The number of aryl methyl sites for hydroxylation is 1. The lowest BCUT2D eigenvalue weighted by Crippen LogP contribution is -2.37. The summed E-state index contributed by atoms with van der Waals surface area (Å²) >= 11 is 11.9. The highest BCUT2D eigenvalue weighted by Gasteiger charge is 2.24. The van der Waals surface area contributed by atoms with Gasteiger partial charge in [0.15, 0.2) is 0 Å². The zero-order valence-electron chi connectivity index (χ0n) is 13.1. The predicted molar refractivity (Wildman–Crippen MR) is 95.5 cm³/mol. The van der Waals surface area contributed by atoms with Gasteiger partial charge in [-0.15, -0.1) is 0 Å². The van der Waals surface area contributed by atoms with Gasteiger partial charge in [0.25, 0.3) is 5.91 Å². The van der Waals surface area contributed by atoms with Gasteiger partial charge in [-0.2, -0.15) is 0 Å². The smallest absolute Gasteiger partial charge is 0.253 e. The zero-order chi connectivity index (χ0) is 16.4. The van der Waals surface area contributed by atoms with Crippen molar-refractivity contribution in [2.24, 2.45) is 0 Å². The Balaban J connectivity index is 1.66. The molecule has 0 radical (unpaired) electrons. The van der Waals surface area contributed by atoms with Gasteiger partial charge in [-0.1, -0.05) is 53.0 Å². The molecule has 2 aromatic rings. The second kappa shape index (κ2) is 6.94. The molecule has 2 aromatic carbocycles. The number of benzene rings is 2. The van der Waals surface area contributed by atoms with Crippen LogP contribution in [0.15, 0.2) is 42.5 Å². The summed E-state index contributed by atoms with van der Waals surface area (Å²) in [4.78, 5) is 14.5. The minimum absolute atomic E-state index is 0.0336. The van der Waals surface area contributed by atoms with Crippen LogP contribution >= 0.6 is 23.2 Å². The number of carbonyl (C=O) groups excluding carboxylic acids is 1. The molecule has 1 aliphatic heterocycles. The Morgan fingerprint density at radius 2 is 1.78 bits per heavy atom. The van der Waals surface area contributed by atoms with Crippen molar-refractivity contribution in [3.05, 3.63) is 69.2 Å². The van der Waals surface area contributed by atoms with Crippen LogP contribution < -0.4 is 0 Å². The Labute approximate surface area is 147 Å². The number of hydrogen-bond donors (Lipinski definition) is 0. The third kappa shape index (κ3) is 3.70. The summed E-state index contributed by atoms with van der Waals surface area (Å²) in [6, 6.07) is 13.7. The molecule has 0 N–H and O–H groups in total. The number of rotatable bonds is 2. The molecule has 0 atom stereocenters. The summed E-state index contributed by atoms with van der Waals surface area (Å²) in [6.45, 7) is 3.67. The van der Waals surface area contributed by atoms with Gasteiger partial charge in [-0.05, 0) is 49.4 Å². The SMILES string of the molecule is Cc1cccc(C2CCN(C(=O)c3ccc(Cl)c(Cl)c3)CC2)c1. The van der Waals surface area contributed by atoms with E-state index in [1.54, 1.807) is 18.2 Å². The van der Waals surface area contributed by atoms with Gasteiger partial charge in [0.2, 0.25) is 0 Å². The first-order valence-corrected chi connectivity index (χ1v) is 8.61. The molecule has 1 heterocycles. The summed E-state index contributed by atoms with van der Waals surface area (Å²) in [5, 5.41) is 0.897. The Hall–Kier alpha value is -1.51.